The van der Waals surface area contributed by atoms with E-state index in [1.165, 1.54) is 0 Å². The van der Waals surface area contributed by atoms with Gasteiger partial charge < -0.3 is 9.80 Å². The molecule has 0 aliphatic carbocycles. The number of aromatic nitrogens is 2. The quantitative estimate of drug-likeness (QED) is 0.809. The number of hydrogen-bond acceptors (Lipinski definition) is 6. The van der Waals surface area contributed by atoms with Crippen molar-refractivity contribution in [3.63, 3.8) is 0 Å². The van der Waals surface area contributed by atoms with Crippen LogP contribution in [0.1, 0.15) is 19.5 Å². The van der Waals surface area contributed by atoms with Crippen molar-refractivity contribution in [1.29, 1.82) is 0 Å². The summed E-state index contributed by atoms with van der Waals surface area (Å²) >= 11 is 0. The molecule has 1 aromatic heterocycles. The van der Waals surface area contributed by atoms with Crippen molar-refractivity contribution in [3.8, 4) is 0 Å². The number of anilines is 1. The number of carbonyl (C=O) groups excluding carboxylic acids is 1. The van der Waals surface area contributed by atoms with Gasteiger partial charge in [-0.1, -0.05) is 0 Å². The van der Waals surface area contributed by atoms with E-state index in [0.29, 0.717) is 26.2 Å². The van der Waals surface area contributed by atoms with Crippen molar-refractivity contribution in [2.24, 2.45) is 5.92 Å². The first-order chi connectivity index (χ1) is 11.8. The Hall–Kier alpha value is -1.94. The zero-order chi connectivity index (χ0) is 18.2. The molecule has 10 heteroatoms. The van der Waals surface area contributed by atoms with Crippen LogP contribution in [0.5, 0.6) is 0 Å². The second kappa shape index (κ2) is 6.75. The van der Waals surface area contributed by atoms with E-state index in [9.17, 15) is 18.0 Å². The summed E-state index contributed by atoms with van der Waals surface area (Å²) in [7, 11) is 0. The van der Waals surface area contributed by atoms with Crippen molar-refractivity contribution in [2.45, 2.75) is 32.1 Å². The van der Waals surface area contributed by atoms with Gasteiger partial charge in [-0.3, -0.25) is 15.6 Å². The van der Waals surface area contributed by atoms with Crippen LogP contribution in [0, 0.1) is 5.92 Å². The largest absolute Gasteiger partial charge is 0.433 e. The number of piperazine rings is 1. The summed E-state index contributed by atoms with van der Waals surface area (Å²) in [5.74, 6) is 0.151. The molecule has 1 amide bonds. The fraction of sp³-hybridized carbons (Fsp3) is 0.667. The van der Waals surface area contributed by atoms with Gasteiger partial charge in [-0.25, -0.2) is 9.97 Å². The van der Waals surface area contributed by atoms with Crippen molar-refractivity contribution in [2.75, 3.05) is 31.1 Å². The van der Waals surface area contributed by atoms with Crippen molar-refractivity contribution in [3.05, 3.63) is 18.1 Å². The van der Waals surface area contributed by atoms with Crippen LogP contribution in [0.25, 0.3) is 0 Å². The molecule has 2 aliphatic rings. The van der Waals surface area contributed by atoms with E-state index in [1.807, 2.05) is 13.8 Å². The molecule has 0 saturated carbocycles. The van der Waals surface area contributed by atoms with Crippen molar-refractivity contribution < 1.29 is 18.0 Å². The number of carbonyl (C=O) groups is 1. The molecule has 2 atom stereocenters. The van der Waals surface area contributed by atoms with Crippen LogP contribution in [0.4, 0.5) is 19.0 Å². The third-order valence-corrected chi connectivity index (χ3v) is 4.76. The summed E-state index contributed by atoms with van der Waals surface area (Å²) in [6.07, 6.45) is -3.57. The van der Waals surface area contributed by atoms with E-state index in [2.05, 4.69) is 20.8 Å². The molecule has 3 heterocycles. The van der Waals surface area contributed by atoms with Gasteiger partial charge in [0.15, 0.2) is 0 Å². The Kier molecular flexibility index (Phi) is 4.83. The van der Waals surface area contributed by atoms with Crippen LogP contribution in [0.3, 0.4) is 0 Å². The molecule has 2 aliphatic heterocycles. The molecule has 2 unspecified atom stereocenters. The van der Waals surface area contributed by atoms with Crippen LogP contribution < -0.4 is 15.8 Å². The monoisotopic (exact) mass is 358 g/mol. The minimum Gasteiger partial charge on any atom is -0.353 e. The van der Waals surface area contributed by atoms with Crippen LogP contribution in [0.15, 0.2) is 12.4 Å². The van der Waals surface area contributed by atoms with Gasteiger partial charge in [0.25, 0.3) is 0 Å². The van der Waals surface area contributed by atoms with Crippen LogP contribution in [0.2, 0.25) is 0 Å². The number of amides is 1. The summed E-state index contributed by atoms with van der Waals surface area (Å²) in [6.45, 7) is 5.71. The Bertz CT molecular complexity index is 622. The molecule has 7 nitrogen and oxygen atoms in total. The molecule has 1 aromatic rings. The molecule has 2 saturated heterocycles. The molecule has 0 bridgehead atoms. The molecular weight excluding hydrogens is 337 g/mol. The Morgan fingerprint density at radius 1 is 1.12 bits per heavy atom. The van der Waals surface area contributed by atoms with Gasteiger partial charge in [0.1, 0.15) is 17.8 Å². The van der Waals surface area contributed by atoms with Crippen LogP contribution >= 0.6 is 0 Å². The molecule has 0 spiro atoms. The normalized spacial score (nSPS) is 27.6. The zero-order valence-electron chi connectivity index (χ0n) is 14.0. The number of hydrazine groups is 1. The Morgan fingerprint density at radius 2 is 1.72 bits per heavy atom. The summed E-state index contributed by atoms with van der Waals surface area (Å²) in [5, 5.41) is 0. The highest BCUT2D eigenvalue weighted by Gasteiger charge is 2.39. The number of halogens is 3. The number of hydrogen-bond donors (Lipinski definition) is 2. The fourth-order valence-electron chi connectivity index (χ4n) is 3.34. The number of nitrogens with zero attached hydrogens (tertiary/aromatic N) is 4. The summed E-state index contributed by atoms with van der Waals surface area (Å²) in [4.78, 5) is 23.4. The average molecular weight is 358 g/mol. The predicted molar refractivity (Wildman–Crippen MR) is 84.5 cm³/mol. The summed E-state index contributed by atoms with van der Waals surface area (Å²) < 4.78 is 38.3. The lowest BCUT2D eigenvalue weighted by molar-refractivity contribution is -0.141. The van der Waals surface area contributed by atoms with Crippen molar-refractivity contribution in [1.82, 2.24) is 25.7 Å². The lowest BCUT2D eigenvalue weighted by Gasteiger charge is -2.37. The molecular formula is C15H21F3N6O. The Labute approximate surface area is 143 Å². The highest BCUT2D eigenvalue weighted by Crippen LogP contribution is 2.29. The fourth-order valence-corrected chi connectivity index (χ4v) is 3.34. The van der Waals surface area contributed by atoms with E-state index in [1.54, 1.807) is 9.80 Å². The third kappa shape index (κ3) is 3.69. The van der Waals surface area contributed by atoms with Gasteiger partial charge in [-0.05, 0) is 13.8 Å². The maximum Gasteiger partial charge on any atom is 0.433 e. The first-order valence-corrected chi connectivity index (χ1v) is 8.21. The third-order valence-electron chi connectivity index (χ3n) is 4.76. The maximum absolute atomic E-state index is 12.8. The van der Waals surface area contributed by atoms with Gasteiger partial charge in [-0.2, -0.15) is 13.2 Å². The average Bonchev–Trinajstić information content (AvgIpc) is 2.92. The summed E-state index contributed by atoms with van der Waals surface area (Å²) in [5.41, 5.74) is 5.17. The Morgan fingerprint density at radius 3 is 2.28 bits per heavy atom. The molecule has 3 rings (SSSR count). The summed E-state index contributed by atoms with van der Waals surface area (Å²) in [6, 6.07) is 1.03. The highest BCUT2D eigenvalue weighted by molar-refractivity contribution is 5.81. The lowest BCUT2D eigenvalue weighted by atomic mass is 9.95. The van der Waals surface area contributed by atoms with Crippen LogP contribution in [-0.4, -0.2) is 59.0 Å². The van der Waals surface area contributed by atoms with Gasteiger partial charge >= 0.3 is 6.18 Å². The molecule has 0 radical (unpaired) electrons. The minimum atomic E-state index is -4.50. The van der Waals surface area contributed by atoms with E-state index in [4.69, 9.17) is 0 Å². The van der Waals surface area contributed by atoms with E-state index >= 15 is 0 Å². The first kappa shape index (κ1) is 17.9. The number of alkyl halides is 3. The Balaban J connectivity index is 1.63. The topological polar surface area (TPSA) is 73.4 Å². The van der Waals surface area contributed by atoms with Crippen LogP contribution in [-0.2, 0) is 11.0 Å². The second-order valence-corrected chi connectivity index (χ2v) is 6.46. The SMILES string of the molecule is CC1NNC(C)C1C(=O)N1CCN(c2cc(C(F)(F)F)ncn2)CC1. The molecule has 25 heavy (non-hydrogen) atoms. The second-order valence-electron chi connectivity index (χ2n) is 6.46. The highest BCUT2D eigenvalue weighted by atomic mass is 19.4. The van der Waals surface area contributed by atoms with Gasteiger partial charge in [-0.15, -0.1) is 0 Å². The van der Waals surface area contributed by atoms with E-state index < -0.39 is 11.9 Å². The predicted octanol–water partition coefficient (Wildman–Crippen LogP) is 0.645. The molecule has 2 fully saturated rings. The number of nitrogens with one attached hydrogen (secondary N) is 2. The van der Waals surface area contributed by atoms with E-state index in [-0.39, 0.29) is 29.7 Å². The van der Waals surface area contributed by atoms with E-state index in [0.717, 1.165) is 12.4 Å². The van der Waals surface area contributed by atoms with Gasteiger partial charge in [0, 0.05) is 44.3 Å². The zero-order valence-corrected chi connectivity index (χ0v) is 14.0. The number of rotatable bonds is 2. The minimum absolute atomic E-state index is 0.0386. The molecule has 138 valence electrons. The van der Waals surface area contributed by atoms with Gasteiger partial charge in [0.2, 0.25) is 5.91 Å². The lowest BCUT2D eigenvalue weighted by Crippen LogP contribution is -2.52. The maximum atomic E-state index is 12.8. The first-order valence-electron chi connectivity index (χ1n) is 8.21. The van der Waals surface area contributed by atoms with Gasteiger partial charge in [0.05, 0.1) is 5.92 Å². The molecule has 0 aromatic carbocycles. The van der Waals surface area contributed by atoms with Crippen molar-refractivity contribution >= 4 is 11.7 Å². The smallest absolute Gasteiger partial charge is 0.353 e. The standard InChI is InChI=1S/C15H21F3N6O/c1-9-13(10(2)22-21-9)14(25)24-5-3-23(4-6-24)12-7-11(15(16,17)18)19-8-20-12/h7-10,13,21-22H,3-6H2,1-2H3. The molecule has 2 N–H and O–H groups in total.